The lowest BCUT2D eigenvalue weighted by Gasteiger charge is -2.31. The molecule has 2 rings (SSSR count). The van der Waals surface area contributed by atoms with Crippen LogP contribution in [0.15, 0.2) is 0 Å². The molecule has 5 heteroatoms. The monoisotopic (exact) mass is 254 g/mol. The minimum Gasteiger partial charge on any atom is -0.444 e. The molecular weight excluding hydrogens is 232 g/mol. The summed E-state index contributed by atoms with van der Waals surface area (Å²) in [6.45, 7) is 10.2. The van der Waals surface area contributed by atoms with Gasteiger partial charge in [-0.15, -0.1) is 0 Å². The van der Waals surface area contributed by atoms with Crippen molar-refractivity contribution in [1.82, 2.24) is 4.90 Å². The summed E-state index contributed by atoms with van der Waals surface area (Å²) >= 11 is 0. The molecule has 0 aromatic rings. The van der Waals surface area contributed by atoms with Crippen LogP contribution in [0.25, 0.3) is 0 Å². The molecule has 3 atom stereocenters. The topological polar surface area (TPSA) is 72.6 Å². The molecule has 2 N–H and O–H groups in total. The van der Waals surface area contributed by atoms with Gasteiger partial charge in [-0.2, -0.15) is 0 Å². The van der Waals surface area contributed by atoms with E-state index in [0.717, 1.165) is 0 Å². The molecule has 5 nitrogen and oxygen atoms in total. The summed E-state index contributed by atoms with van der Waals surface area (Å²) in [5, 5.41) is 0. The third-order valence-electron chi connectivity index (χ3n) is 4.13. The zero-order valence-electron chi connectivity index (χ0n) is 11.7. The van der Waals surface area contributed by atoms with E-state index in [-0.39, 0.29) is 11.3 Å². The fourth-order valence-electron chi connectivity index (χ4n) is 3.12. The number of primary amides is 1. The van der Waals surface area contributed by atoms with Crippen LogP contribution in [0, 0.1) is 17.3 Å². The van der Waals surface area contributed by atoms with Crippen molar-refractivity contribution in [2.45, 2.75) is 46.3 Å². The van der Waals surface area contributed by atoms with E-state index in [1.165, 1.54) is 4.90 Å². The van der Waals surface area contributed by atoms with Crippen molar-refractivity contribution < 1.29 is 14.3 Å². The highest BCUT2D eigenvalue weighted by molar-refractivity contribution is 5.86. The Morgan fingerprint density at radius 3 is 2.33 bits per heavy atom. The molecule has 1 heterocycles. The normalized spacial score (nSPS) is 32.9. The van der Waals surface area contributed by atoms with Gasteiger partial charge in [0.2, 0.25) is 5.91 Å². The standard InChI is InChI=1S/C13H22N2O3/c1-12(2,3)18-11(17)15-6-7-8(13(7,4)5)9(15)10(14)16/h7-9H,6H2,1-5H3,(H2,14,16). The Morgan fingerprint density at radius 1 is 1.33 bits per heavy atom. The summed E-state index contributed by atoms with van der Waals surface area (Å²) in [4.78, 5) is 25.1. The zero-order chi connectivity index (χ0) is 13.9. The first-order valence-electron chi connectivity index (χ1n) is 6.34. The fourth-order valence-corrected chi connectivity index (χ4v) is 3.12. The maximum atomic E-state index is 12.0. The Hall–Kier alpha value is -1.26. The van der Waals surface area contributed by atoms with Crippen molar-refractivity contribution in [2.75, 3.05) is 6.54 Å². The predicted molar refractivity (Wildman–Crippen MR) is 66.7 cm³/mol. The van der Waals surface area contributed by atoms with E-state index in [2.05, 4.69) is 13.8 Å². The van der Waals surface area contributed by atoms with Crippen molar-refractivity contribution in [2.24, 2.45) is 23.0 Å². The lowest BCUT2D eigenvalue weighted by molar-refractivity contribution is -0.123. The van der Waals surface area contributed by atoms with E-state index in [1.54, 1.807) is 0 Å². The summed E-state index contributed by atoms with van der Waals surface area (Å²) in [6, 6.07) is -0.514. The SMILES string of the molecule is CC(C)(C)OC(=O)N1CC2C(C1C(N)=O)C2(C)C. The molecule has 2 aliphatic rings. The molecule has 3 unspecified atom stereocenters. The Bertz CT molecular complexity index is 398. The van der Waals surface area contributed by atoms with Crippen LogP contribution in [0.4, 0.5) is 4.79 Å². The zero-order valence-corrected chi connectivity index (χ0v) is 11.7. The summed E-state index contributed by atoms with van der Waals surface area (Å²) in [5.74, 6) is 0.115. The average Bonchev–Trinajstić information content (AvgIpc) is 2.59. The Balaban J connectivity index is 2.12. The highest BCUT2D eigenvalue weighted by Crippen LogP contribution is 2.64. The van der Waals surface area contributed by atoms with Gasteiger partial charge in [-0.25, -0.2) is 4.79 Å². The number of piperidine rings is 1. The van der Waals surface area contributed by atoms with Gasteiger partial charge in [-0.05, 0) is 38.0 Å². The molecule has 2 fully saturated rings. The van der Waals surface area contributed by atoms with Gasteiger partial charge in [-0.3, -0.25) is 9.69 Å². The maximum absolute atomic E-state index is 12.0. The fraction of sp³-hybridized carbons (Fsp3) is 0.846. The van der Waals surface area contributed by atoms with Gasteiger partial charge in [0.05, 0.1) is 0 Å². The first-order chi connectivity index (χ1) is 8.05. The van der Waals surface area contributed by atoms with Gasteiger partial charge in [0, 0.05) is 6.54 Å². The summed E-state index contributed by atoms with van der Waals surface area (Å²) in [7, 11) is 0. The van der Waals surface area contributed by atoms with E-state index >= 15 is 0 Å². The van der Waals surface area contributed by atoms with Gasteiger partial charge >= 0.3 is 6.09 Å². The van der Waals surface area contributed by atoms with E-state index in [9.17, 15) is 9.59 Å². The van der Waals surface area contributed by atoms with E-state index in [0.29, 0.717) is 12.5 Å². The molecule has 1 aliphatic heterocycles. The summed E-state index contributed by atoms with van der Waals surface area (Å²) < 4.78 is 5.32. The Kier molecular flexibility index (Phi) is 2.65. The number of rotatable bonds is 1. The lowest BCUT2D eigenvalue weighted by atomic mass is 10.0. The summed E-state index contributed by atoms with van der Waals surface area (Å²) in [5.41, 5.74) is 4.99. The maximum Gasteiger partial charge on any atom is 0.410 e. The van der Waals surface area contributed by atoms with Crippen LogP contribution >= 0.6 is 0 Å². The van der Waals surface area contributed by atoms with Crippen LogP contribution in [0.5, 0.6) is 0 Å². The Morgan fingerprint density at radius 2 is 1.89 bits per heavy atom. The number of carbonyl (C=O) groups excluding carboxylic acids is 2. The van der Waals surface area contributed by atoms with Gasteiger partial charge in [0.15, 0.2) is 0 Å². The Labute approximate surface area is 108 Å². The number of hydrogen-bond donors (Lipinski definition) is 1. The number of fused-ring (bicyclic) bond motifs is 1. The smallest absolute Gasteiger partial charge is 0.410 e. The molecule has 102 valence electrons. The molecule has 1 aliphatic carbocycles. The number of ether oxygens (including phenoxy) is 1. The van der Waals surface area contributed by atoms with Crippen molar-refractivity contribution in [1.29, 1.82) is 0 Å². The van der Waals surface area contributed by atoms with Crippen LogP contribution in [0.1, 0.15) is 34.6 Å². The third-order valence-corrected chi connectivity index (χ3v) is 4.13. The first-order valence-corrected chi connectivity index (χ1v) is 6.34. The molecule has 1 saturated carbocycles. The van der Waals surface area contributed by atoms with E-state index < -0.39 is 23.6 Å². The average molecular weight is 254 g/mol. The highest BCUT2D eigenvalue weighted by Gasteiger charge is 2.69. The quantitative estimate of drug-likeness (QED) is 0.768. The predicted octanol–water partition coefficient (Wildman–Crippen LogP) is 1.36. The van der Waals surface area contributed by atoms with E-state index in [1.807, 2.05) is 20.8 Å². The van der Waals surface area contributed by atoms with Crippen LogP contribution in [0.2, 0.25) is 0 Å². The number of carbonyl (C=O) groups is 2. The second-order valence-corrected chi connectivity index (χ2v) is 6.93. The number of likely N-dealkylation sites (tertiary alicyclic amines) is 1. The molecular formula is C13H22N2O3. The minimum absolute atomic E-state index is 0.109. The first kappa shape index (κ1) is 13.2. The highest BCUT2D eigenvalue weighted by atomic mass is 16.6. The van der Waals surface area contributed by atoms with Crippen molar-refractivity contribution in [3.8, 4) is 0 Å². The molecule has 0 aromatic carbocycles. The summed E-state index contributed by atoms with van der Waals surface area (Å²) in [6.07, 6.45) is -0.436. The molecule has 2 amide bonds. The van der Waals surface area contributed by atoms with Crippen molar-refractivity contribution >= 4 is 12.0 Å². The molecule has 1 saturated heterocycles. The largest absolute Gasteiger partial charge is 0.444 e. The van der Waals surface area contributed by atoms with Crippen LogP contribution in [0.3, 0.4) is 0 Å². The van der Waals surface area contributed by atoms with Crippen LogP contribution in [-0.4, -0.2) is 35.1 Å². The molecule has 18 heavy (non-hydrogen) atoms. The third kappa shape index (κ3) is 1.95. The second-order valence-electron chi connectivity index (χ2n) is 6.93. The second kappa shape index (κ2) is 3.62. The van der Waals surface area contributed by atoms with Crippen LogP contribution in [-0.2, 0) is 9.53 Å². The number of hydrogen-bond acceptors (Lipinski definition) is 3. The molecule has 0 bridgehead atoms. The van der Waals surface area contributed by atoms with Crippen molar-refractivity contribution in [3.05, 3.63) is 0 Å². The number of amides is 2. The van der Waals surface area contributed by atoms with Gasteiger partial charge in [0.1, 0.15) is 11.6 Å². The number of nitrogens with zero attached hydrogens (tertiary/aromatic N) is 1. The van der Waals surface area contributed by atoms with Gasteiger partial charge in [-0.1, -0.05) is 13.8 Å². The molecule has 0 spiro atoms. The number of nitrogens with two attached hydrogens (primary N) is 1. The van der Waals surface area contributed by atoms with Crippen molar-refractivity contribution in [3.63, 3.8) is 0 Å². The molecule has 0 aromatic heterocycles. The van der Waals surface area contributed by atoms with Crippen LogP contribution < -0.4 is 5.73 Å². The minimum atomic E-state index is -0.554. The lowest BCUT2D eigenvalue weighted by Crippen LogP contribution is -2.49. The molecule has 0 radical (unpaired) electrons. The van der Waals surface area contributed by atoms with Gasteiger partial charge < -0.3 is 10.5 Å². The van der Waals surface area contributed by atoms with E-state index in [4.69, 9.17) is 10.5 Å². The van der Waals surface area contributed by atoms with Gasteiger partial charge in [0.25, 0.3) is 0 Å².